The standard InChI is InChI=1S/C48H45F2N7O3/c1-4-38-41(49)13-10-31-16-37(58)17-39(42(31)38)44-43(50)45-40(18-51-44)46(56-24-35-11-12-36(25-56)52-35)54-48(53-45)60-26-29-20-55(21-29)19-28-8-9-33-22-57(23-34(33)14-28)47(59)32-7-5-6-30(15-32)27(2)3/h1,5-10,13-18,27,29,35-36,52,58H,11-12,19-26H2,2-3H3. The first-order valence-electron chi connectivity index (χ1n) is 20.7. The molecule has 2 N–H and O–H groups in total. The SMILES string of the molecule is C#Cc1c(F)ccc2cc(O)cc(-c3ncc4c(N5CC6CCC(C5)N6)nc(OCC5CN(Cc6ccc7c(c6)CN(C(=O)c6cccc(C(C)C)c6)C7)C5)nc4c3F)c12. The van der Waals surface area contributed by atoms with Crippen LogP contribution in [0.5, 0.6) is 11.8 Å². The molecule has 1 amide bonds. The van der Waals surface area contributed by atoms with Gasteiger partial charge in [-0.25, -0.2) is 8.78 Å². The highest BCUT2D eigenvalue weighted by atomic mass is 19.1. The number of hydrogen-bond donors (Lipinski definition) is 2. The topological polar surface area (TPSA) is 107 Å². The third-order valence-corrected chi connectivity index (χ3v) is 12.6. The number of carbonyl (C=O) groups is 1. The molecule has 10 rings (SSSR count). The maximum absolute atomic E-state index is 16.9. The minimum atomic E-state index is -0.741. The number of aromatic nitrogens is 3. The molecule has 2 atom stereocenters. The fourth-order valence-corrected chi connectivity index (χ4v) is 9.50. The van der Waals surface area contributed by atoms with Gasteiger partial charge in [0.15, 0.2) is 5.82 Å². The molecule has 2 unspecified atom stereocenters. The summed E-state index contributed by atoms with van der Waals surface area (Å²) in [6.45, 7) is 9.66. The van der Waals surface area contributed by atoms with Crippen LogP contribution in [0.25, 0.3) is 32.9 Å². The van der Waals surface area contributed by atoms with Crippen molar-refractivity contribution in [1.82, 2.24) is 30.1 Å². The molecule has 0 saturated carbocycles. The number of carbonyl (C=O) groups excluding carboxylic acids is 1. The summed E-state index contributed by atoms with van der Waals surface area (Å²) in [5.41, 5.74) is 5.50. The zero-order valence-electron chi connectivity index (χ0n) is 33.6. The number of piperazine rings is 1. The van der Waals surface area contributed by atoms with Gasteiger partial charge in [-0.2, -0.15) is 9.97 Å². The van der Waals surface area contributed by atoms with Crippen molar-refractivity contribution in [2.24, 2.45) is 5.92 Å². The lowest BCUT2D eigenvalue weighted by Crippen LogP contribution is -2.51. The van der Waals surface area contributed by atoms with Gasteiger partial charge in [0.25, 0.3) is 5.91 Å². The number of amides is 1. The average Bonchev–Trinajstić information content (AvgIpc) is 3.82. The Bertz CT molecular complexity index is 2730. The maximum atomic E-state index is 16.9. The number of ether oxygens (including phenoxy) is 1. The Kier molecular flexibility index (Phi) is 9.61. The van der Waals surface area contributed by atoms with E-state index in [2.05, 4.69) is 69.1 Å². The average molecular weight is 806 g/mol. The minimum absolute atomic E-state index is 0.0252. The normalized spacial score (nSPS) is 18.9. The predicted octanol–water partition coefficient (Wildman–Crippen LogP) is 7.54. The third-order valence-electron chi connectivity index (χ3n) is 12.6. The number of aromatic hydroxyl groups is 1. The molecule has 2 aromatic heterocycles. The first-order chi connectivity index (χ1) is 29.1. The second-order valence-corrected chi connectivity index (χ2v) is 17.1. The zero-order chi connectivity index (χ0) is 41.2. The molecule has 3 fully saturated rings. The molecule has 4 aromatic carbocycles. The summed E-state index contributed by atoms with van der Waals surface area (Å²) in [5.74, 6) is 2.09. The Hall–Kier alpha value is -6.16. The molecule has 6 aromatic rings. The summed E-state index contributed by atoms with van der Waals surface area (Å²) >= 11 is 0. The van der Waals surface area contributed by atoms with E-state index in [9.17, 15) is 14.3 Å². The summed E-state index contributed by atoms with van der Waals surface area (Å²) in [6.07, 6.45) is 9.39. The molecule has 6 heterocycles. The van der Waals surface area contributed by atoms with Crippen LogP contribution in [0, 0.1) is 29.9 Å². The van der Waals surface area contributed by atoms with Gasteiger partial charge in [-0.15, -0.1) is 6.42 Å². The molecule has 0 aliphatic carbocycles. The van der Waals surface area contributed by atoms with E-state index in [1.165, 1.54) is 41.0 Å². The van der Waals surface area contributed by atoms with E-state index in [-0.39, 0.29) is 51.3 Å². The number of hydrogen-bond acceptors (Lipinski definition) is 9. The Morgan fingerprint density at radius 2 is 1.78 bits per heavy atom. The van der Waals surface area contributed by atoms with Gasteiger partial charge in [0.2, 0.25) is 0 Å². The van der Waals surface area contributed by atoms with E-state index >= 15 is 4.39 Å². The van der Waals surface area contributed by atoms with Crippen LogP contribution < -0.4 is 15.0 Å². The molecule has 2 bridgehead atoms. The van der Waals surface area contributed by atoms with Crippen LogP contribution in [0.3, 0.4) is 0 Å². The van der Waals surface area contributed by atoms with Gasteiger partial charge in [-0.05, 0) is 76.7 Å². The van der Waals surface area contributed by atoms with Crippen molar-refractivity contribution in [2.75, 3.05) is 37.7 Å². The molecule has 3 saturated heterocycles. The predicted molar refractivity (Wildman–Crippen MR) is 227 cm³/mol. The summed E-state index contributed by atoms with van der Waals surface area (Å²) in [5, 5.41) is 15.4. The van der Waals surface area contributed by atoms with Crippen molar-refractivity contribution in [1.29, 1.82) is 0 Å². The molecule has 10 nitrogen and oxygen atoms in total. The highest BCUT2D eigenvalue weighted by Gasteiger charge is 2.35. The second kappa shape index (κ2) is 15.1. The quantitative estimate of drug-likeness (QED) is 0.144. The monoisotopic (exact) mass is 805 g/mol. The third kappa shape index (κ3) is 6.95. The number of benzene rings is 4. The molecule has 4 aliphatic rings. The van der Waals surface area contributed by atoms with Crippen molar-refractivity contribution in [3.8, 4) is 35.4 Å². The Labute approximate surface area is 347 Å². The largest absolute Gasteiger partial charge is 0.508 e. The van der Waals surface area contributed by atoms with Crippen LogP contribution in [0.4, 0.5) is 14.6 Å². The van der Waals surface area contributed by atoms with Gasteiger partial charge < -0.3 is 25.0 Å². The van der Waals surface area contributed by atoms with E-state index in [1.54, 1.807) is 6.20 Å². The van der Waals surface area contributed by atoms with E-state index in [0.29, 0.717) is 67.4 Å². The maximum Gasteiger partial charge on any atom is 0.319 e. The smallest absolute Gasteiger partial charge is 0.319 e. The van der Waals surface area contributed by atoms with Crippen molar-refractivity contribution in [3.63, 3.8) is 0 Å². The molecule has 0 spiro atoms. The van der Waals surface area contributed by atoms with Gasteiger partial charge >= 0.3 is 6.01 Å². The molecule has 12 heteroatoms. The van der Waals surface area contributed by atoms with E-state index in [1.807, 2.05) is 23.1 Å². The summed E-state index contributed by atoms with van der Waals surface area (Å²) < 4.78 is 38.2. The van der Waals surface area contributed by atoms with Gasteiger partial charge in [-0.3, -0.25) is 14.7 Å². The molecular weight excluding hydrogens is 761 g/mol. The van der Waals surface area contributed by atoms with Crippen molar-refractivity contribution in [3.05, 3.63) is 118 Å². The summed E-state index contributed by atoms with van der Waals surface area (Å²) in [7, 11) is 0. The number of anilines is 1. The highest BCUT2D eigenvalue weighted by Crippen LogP contribution is 2.39. The number of halogens is 2. The second-order valence-electron chi connectivity index (χ2n) is 17.1. The number of pyridine rings is 1. The molecule has 0 radical (unpaired) electrons. The molecular formula is C48H45F2N7O3. The van der Waals surface area contributed by atoms with Gasteiger partial charge in [0, 0.05) is 86.5 Å². The lowest BCUT2D eigenvalue weighted by Gasteiger charge is -2.39. The van der Waals surface area contributed by atoms with E-state index in [4.69, 9.17) is 16.1 Å². The Morgan fingerprint density at radius 1 is 0.983 bits per heavy atom. The first kappa shape index (κ1) is 38.1. The fourth-order valence-electron chi connectivity index (χ4n) is 9.50. The molecule has 60 heavy (non-hydrogen) atoms. The number of fused-ring (bicyclic) bond motifs is 5. The van der Waals surface area contributed by atoms with Crippen LogP contribution in [-0.2, 0) is 19.6 Å². The number of phenolic OH excluding ortho intramolecular Hbond substituents is 1. The first-order valence-corrected chi connectivity index (χ1v) is 20.7. The Morgan fingerprint density at radius 3 is 2.57 bits per heavy atom. The van der Waals surface area contributed by atoms with Crippen LogP contribution in [0.1, 0.15) is 70.8 Å². The van der Waals surface area contributed by atoms with Crippen LogP contribution in [-0.4, -0.2) is 80.6 Å². The number of likely N-dealkylation sites (tertiary alicyclic amines) is 1. The van der Waals surface area contributed by atoms with Gasteiger partial charge in [0.05, 0.1) is 17.6 Å². The number of nitrogens with one attached hydrogen (secondary N) is 1. The minimum Gasteiger partial charge on any atom is -0.508 e. The lowest BCUT2D eigenvalue weighted by atomic mass is 9.96. The summed E-state index contributed by atoms with van der Waals surface area (Å²) in [6, 6.07) is 20.7. The van der Waals surface area contributed by atoms with Crippen LogP contribution in [0.2, 0.25) is 0 Å². The highest BCUT2D eigenvalue weighted by molar-refractivity contribution is 6.03. The van der Waals surface area contributed by atoms with Crippen molar-refractivity contribution >= 4 is 33.4 Å². The van der Waals surface area contributed by atoms with Gasteiger partial charge in [0.1, 0.15) is 28.6 Å². The Balaban J connectivity index is 0.860. The van der Waals surface area contributed by atoms with Crippen molar-refractivity contribution < 1.29 is 23.4 Å². The summed E-state index contributed by atoms with van der Waals surface area (Å²) in [4.78, 5) is 33.9. The van der Waals surface area contributed by atoms with Crippen LogP contribution >= 0.6 is 0 Å². The van der Waals surface area contributed by atoms with E-state index < -0.39 is 11.6 Å². The number of rotatable bonds is 9. The van der Waals surface area contributed by atoms with E-state index in [0.717, 1.165) is 43.6 Å². The van der Waals surface area contributed by atoms with Crippen molar-refractivity contribution in [2.45, 2.75) is 64.3 Å². The number of nitrogens with zero attached hydrogens (tertiary/aromatic N) is 6. The van der Waals surface area contributed by atoms with Crippen LogP contribution in [0.15, 0.2) is 72.9 Å². The zero-order valence-corrected chi connectivity index (χ0v) is 33.6. The fraction of sp³-hybridized carbons (Fsp3) is 0.333. The number of phenols is 1. The molecule has 304 valence electrons. The molecule has 4 aliphatic heterocycles. The lowest BCUT2D eigenvalue weighted by molar-refractivity contribution is 0.0530. The number of terminal acetylenes is 1. The van der Waals surface area contributed by atoms with Gasteiger partial charge in [-0.1, -0.05) is 56.2 Å².